The van der Waals surface area contributed by atoms with Crippen LogP contribution in [0.15, 0.2) is 36.4 Å². The summed E-state index contributed by atoms with van der Waals surface area (Å²) < 4.78 is 13.8. The minimum absolute atomic E-state index is 0.113. The lowest BCUT2D eigenvalue weighted by Gasteiger charge is -2.19. The van der Waals surface area contributed by atoms with Gasteiger partial charge in [0.15, 0.2) is 0 Å². The fourth-order valence-electron chi connectivity index (χ4n) is 2.97. The number of amides is 2. The fraction of sp³-hybridized carbons (Fsp3) is 0.300. The van der Waals surface area contributed by atoms with Crippen molar-refractivity contribution in [2.45, 2.75) is 25.5 Å². The molecule has 1 N–H and O–H groups in total. The molecule has 142 valence electrons. The second-order valence-corrected chi connectivity index (χ2v) is 7.85. The van der Waals surface area contributed by atoms with Crippen molar-refractivity contribution in [1.82, 2.24) is 0 Å². The Bertz CT molecular complexity index is 875. The molecule has 1 saturated heterocycles. The zero-order valence-corrected chi connectivity index (χ0v) is 16.5. The van der Waals surface area contributed by atoms with Crippen LogP contribution >= 0.6 is 23.4 Å². The van der Waals surface area contributed by atoms with E-state index < -0.39 is 0 Å². The first-order valence-electron chi connectivity index (χ1n) is 8.66. The Labute approximate surface area is 167 Å². The molecule has 7 heteroatoms. The summed E-state index contributed by atoms with van der Waals surface area (Å²) in [5.41, 5.74) is 3.00. The van der Waals surface area contributed by atoms with Crippen molar-refractivity contribution in [2.24, 2.45) is 0 Å². The van der Waals surface area contributed by atoms with Crippen LogP contribution in [0.4, 0.5) is 15.8 Å². The highest BCUT2D eigenvalue weighted by Gasteiger charge is 2.23. The summed E-state index contributed by atoms with van der Waals surface area (Å²) in [4.78, 5) is 25.9. The first kappa shape index (κ1) is 19.7. The molecular weight excluding hydrogens is 387 g/mol. The molecule has 0 unspecified atom stereocenters. The van der Waals surface area contributed by atoms with Crippen molar-refractivity contribution in [3.63, 3.8) is 0 Å². The summed E-state index contributed by atoms with van der Waals surface area (Å²) in [5, 5.41) is 3.20. The number of nitrogens with one attached hydrogen (secondary N) is 1. The number of aryl methyl sites for hydroxylation is 1. The number of hydrogen-bond donors (Lipinski definition) is 1. The molecule has 0 saturated carbocycles. The number of carbonyl (C=O) groups is 2. The number of anilines is 2. The van der Waals surface area contributed by atoms with E-state index in [1.807, 2.05) is 25.1 Å². The van der Waals surface area contributed by atoms with E-state index >= 15 is 0 Å². The lowest BCUT2D eigenvalue weighted by Crippen LogP contribution is -2.24. The lowest BCUT2D eigenvalue weighted by molar-refractivity contribution is -0.117. The Balaban J connectivity index is 1.57. The van der Waals surface area contributed by atoms with Gasteiger partial charge < -0.3 is 10.2 Å². The molecule has 1 fully saturated rings. The standard InChI is InChI=1S/C20H20ClFN2O2S/c1-13-4-7-16(10-18(13)24-8-2-3-20(24)26)23-19(25)12-27-11-14-5-6-15(21)9-17(14)22/h4-7,9-10H,2-3,8,11-12H2,1H3,(H,23,25). The van der Waals surface area contributed by atoms with Crippen LogP contribution in [0.2, 0.25) is 5.02 Å². The van der Waals surface area contributed by atoms with E-state index in [1.54, 1.807) is 17.0 Å². The second-order valence-electron chi connectivity index (χ2n) is 6.43. The third-order valence-electron chi connectivity index (χ3n) is 4.36. The Hall–Kier alpha value is -2.05. The molecule has 0 atom stereocenters. The summed E-state index contributed by atoms with van der Waals surface area (Å²) in [6, 6.07) is 10.1. The Kier molecular flexibility index (Phi) is 6.39. The zero-order chi connectivity index (χ0) is 19.4. The molecule has 0 aromatic heterocycles. The van der Waals surface area contributed by atoms with E-state index in [2.05, 4.69) is 5.32 Å². The Morgan fingerprint density at radius 1 is 1.30 bits per heavy atom. The van der Waals surface area contributed by atoms with Crippen LogP contribution in [0, 0.1) is 12.7 Å². The molecule has 0 spiro atoms. The topological polar surface area (TPSA) is 49.4 Å². The average molecular weight is 407 g/mol. The maximum Gasteiger partial charge on any atom is 0.234 e. The minimum atomic E-state index is -0.367. The molecule has 0 bridgehead atoms. The highest BCUT2D eigenvalue weighted by atomic mass is 35.5. The molecule has 0 radical (unpaired) electrons. The quantitative estimate of drug-likeness (QED) is 0.750. The van der Waals surface area contributed by atoms with Gasteiger partial charge in [-0.15, -0.1) is 11.8 Å². The van der Waals surface area contributed by atoms with Crippen LogP contribution in [0.5, 0.6) is 0 Å². The number of nitrogens with zero attached hydrogens (tertiary/aromatic N) is 1. The minimum Gasteiger partial charge on any atom is -0.325 e. The highest BCUT2D eigenvalue weighted by Crippen LogP contribution is 2.28. The maximum absolute atomic E-state index is 13.8. The van der Waals surface area contributed by atoms with Crippen molar-refractivity contribution in [3.8, 4) is 0 Å². The van der Waals surface area contributed by atoms with Gasteiger partial charge >= 0.3 is 0 Å². The summed E-state index contributed by atoms with van der Waals surface area (Å²) in [5.74, 6) is 0.166. The predicted molar refractivity (Wildman–Crippen MR) is 109 cm³/mol. The number of thioether (sulfide) groups is 1. The largest absolute Gasteiger partial charge is 0.325 e. The van der Waals surface area contributed by atoms with Crippen LogP contribution in [-0.4, -0.2) is 24.1 Å². The molecule has 1 aliphatic heterocycles. The monoisotopic (exact) mass is 406 g/mol. The first-order valence-corrected chi connectivity index (χ1v) is 10.2. The highest BCUT2D eigenvalue weighted by molar-refractivity contribution is 7.99. The average Bonchev–Trinajstić information content (AvgIpc) is 3.04. The smallest absolute Gasteiger partial charge is 0.234 e. The summed E-state index contributed by atoms with van der Waals surface area (Å²) in [6.45, 7) is 2.66. The molecule has 3 rings (SSSR count). The van der Waals surface area contributed by atoms with Gasteiger partial charge in [0, 0.05) is 35.1 Å². The lowest BCUT2D eigenvalue weighted by atomic mass is 10.1. The van der Waals surface area contributed by atoms with Crippen LogP contribution < -0.4 is 10.2 Å². The molecule has 2 amide bonds. The van der Waals surface area contributed by atoms with Crippen molar-refractivity contribution in [3.05, 3.63) is 58.4 Å². The second kappa shape index (κ2) is 8.76. The van der Waals surface area contributed by atoms with Gasteiger partial charge in [0.05, 0.1) is 5.75 Å². The fourth-order valence-corrected chi connectivity index (χ4v) is 3.94. The van der Waals surface area contributed by atoms with Gasteiger partial charge in [0.2, 0.25) is 11.8 Å². The summed E-state index contributed by atoms with van der Waals surface area (Å²) in [6.07, 6.45) is 1.42. The molecule has 27 heavy (non-hydrogen) atoms. The van der Waals surface area contributed by atoms with Gasteiger partial charge in [-0.05, 0) is 48.7 Å². The molecular formula is C20H20ClFN2O2S. The van der Waals surface area contributed by atoms with Gasteiger partial charge in [0.25, 0.3) is 0 Å². The molecule has 0 aliphatic carbocycles. The molecule has 1 aliphatic rings. The van der Waals surface area contributed by atoms with Crippen LogP contribution in [0.25, 0.3) is 0 Å². The predicted octanol–water partition coefficient (Wildman–Crippen LogP) is 4.79. The van der Waals surface area contributed by atoms with E-state index in [4.69, 9.17) is 11.6 Å². The van der Waals surface area contributed by atoms with Crippen molar-refractivity contribution < 1.29 is 14.0 Å². The van der Waals surface area contributed by atoms with Gasteiger partial charge in [-0.25, -0.2) is 4.39 Å². The van der Waals surface area contributed by atoms with E-state index in [0.717, 1.165) is 17.7 Å². The third kappa shape index (κ3) is 5.02. The Morgan fingerprint density at radius 3 is 2.81 bits per heavy atom. The molecule has 2 aromatic carbocycles. The van der Waals surface area contributed by atoms with Gasteiger partial charge in [-0.1, -0.05) is 23.7 Å². The zero-order valence-electron chi connectivity index (χ0n) is 14.9. The van der Waals surface area contributed by atoms with Gasteiger partial charge in [-0.3, -0.25) is 9.59 Å². The number of benzene rings is 2. The first-order chi connectivity index (χ1) is 12.9. The number of rotatable bonds is 6. The number of hydrogen-bond acceptors (Lipinski definition) is 3. The normalized spacial score (nSPS) is 13.9. The maximum atomic E-state index is 13.8. The molecule has 2 aromatic rings. The van der Waals surface area contributed by atoms with Crippen molar-refractivity contribution in [1.29, 1.82) is 0 Å². The van der Waals surface area contributed by atoms with Crippen LogP contribution in [0.3, 0.4) is 0 Å². The van der Waals surface area contributed by atoms with Gasteiger partial charge in [0.1, 0.15) is 5.82 Å². The van der Waals surface area contributed by atoms with Crippen molar-refractivity contribution >= 4 is 46.6 Å². The van der Waals surface area contributed by atoms with Crippen LogP contribution in [0.1, 0.15) is 24.0 Å². The Morgan fingerprint density at radius 2 is 2.11 bits per heavy atom. The van der Waals surface area contributed by atoms with Crippen molar-refractivity contribution in [2.75, 3.05) is 22.5 Å². The molecule has 4 nitrogen and oxygen atoms in total. The van der Waals surface area contributed by atoms with E-state index in [0.29, 0.717) is 35.0 Å². The summed E-state index contributed by atoms with van der Waals surface area (Å²) >= 11 is 7.06. The number of halogens is 2. The van der Waals surface area contributed by atoms with E-state index in [-0.39, 0.29) is 23.4 Å². The number of carbonyl (C=O) groups excluding carboxylic acids is 2. The third-order valence-corrected chi connectivity index (χ3v) is 5.58. The SMILES string of the molecule is Cc1ccc(NC(=O)CSCc2ccc(Cl)cc2F)cc1N1CCCC1=O. The van der Waals surface area contributed by atoms with Crippen LogP contribution in [-0.2, 0) is 15.3 Å². The molecule has 1 heterocycles. The summed E-state index contributed by atoms with van der Waals surface area (Å²) in [7, 11) is 0. The van der Waals surface area contributed by atoms with Gasteiger partial charge in [-0.2, -0.15) is 0 Å². The van der Waals surface area contributed by atoms with E-state index in [9.17, 15) is 14.0 Å². The van der Waals surface area contributed by atoms with E-state index in [1.165, 1.54) is 17.8 Å².